The highest BCUT2D eigenvalue weighted by Crippen LogP contribution is 2.33. The van der Waals surface area contributed by atoms with E-state index in [0.717, 1.165) is 0 Å². The molecule has 1 saturated heterocycles. The standard InChI is InChI=1S/C13H14FN3O3S.ClH/c1-19-9-4-7(14)5-10-11(9)16-13(21-10)17-12(18)8-6-20-3-2-15-8;/h4-5,8,15H,2-3,6H2,1H3,(H,16,17,18);1H. The van der Waals surface area contributed by atoms with Gasteiger partial charge in [0.2, 0.25) is 5.91 Å². The van der Waals surface area contributed by atoms with Gasteiger partial charge in [0.15, 0.2) is 5.13 Å². The predicted molar refractivity (Wildman–Crippen MR) is 84.6 cm³/mol. The van der Waals surface area contributed by atoms with Crippen molar-refractivity contribution in [2.45, 2.75) is 6.04 Å². The molecule has 1 atom stereocenters. The van der Waals surface area contributed by atoms with Crippen molar-refractivity contribution in [2.75, 3.05) is 32.2 Å². The Kier molecular flexibility index (Phi) is 5.52. The number of thiazole rings is 1. The van der Waals surface area contributed by atoms with Gasteiger partial charge in [-0.1, -0.05) is 11.3 Å². The molecular formula is C13H15ClFN3O3S. The topological polar surface area (TPSA) is 72.5 Å². The van der Waals surface area contributed by atoms with Gasteiger partial charge in [0.25, 0.3) is 0 Å². The molecule has 1 aromatic carbocycles. The molecule has 2 N–H and O–H groups in total. The lowest BCUT2D eigenvalue weighted by molar-refractivity contribution is -0.120. The highest BCUT2D eigenvalue weighted by molar-refractivity contribution is 7.22. The van der Waals surface area contributed by atoms with Crippen LogP contribution in [-0.2, 0) is 9.53 Å². The quantitative estimate of drug-likeness (QED) is 0.885. The smallest absolute Gasteiger partial charge is 0.245 e. The third kappa shape index (κ3) is 3.46. The second-order valence-electron chi connectivity index (χ2n) is 4.54. The predicted octanol–water partition coefficient (Wildman–Crippen LogP) is 1.79. The first-order valence-corrected chi connectivity index (χ1v) is 7.25. The van der Waals surface area contributed by atoms with Gasteiger partial charge in [-0.3, -0.25) is 4.79 Å². The van der Waals surface area contributed by atoms with Gasteiger partial charge in [0.05, 0.1) is 25.0 Å². The molecule has 2 aromatic rings. The van der Waals surface area contributed by atoms with Gasteiger partial charge >= 0.3 is 0 Å². The molecular weight excluding hydrogens is 333 g/mol. The van der Waals surface area contributed by atoms with E-state index in [1.165, 1.54) is 30.6 Å². The van der Waals surface area contributed by atoms with Gasteiger partial charge in [0, 0.05) is 12.6 Å². The molecule has 22 heavy (non-hydrogen) atoms. The number of amides is 1. The molecule has 120 valence electrons. The Morgan fingerprint density at radius 1 is 1.59 bits per heavy atom. The van der Waals surface area contributed by atoms with Crippen LogP contribution in [0.1, 0.15) is 0 Å². The number of nitrogens with zero attached hydrogens (tertiary/aromatic N) is 1. The van der Waals surface area contributed by atoms with Crippen molar-refractivity contribution in [3.8, 4) is 5.75 Å². The summed E-state index contributed by atoms with van der Waals surface area (Å²) in [6.07, 6.45) is 0. The third-order valence-corrected chi connectivity index (χ3v) is 4.03. The van der Waals surface area contributed by atoms with E-state index in [2.05, 4.69) is 15.6 Å². The number of nitrogens with one attached hydrogen (secondary N) is 2. The number of rotatable bonds is 3. The average molecular weight is 348 g/mol. The zero-order valence-corrected chi connectivity index (χ0v) is 13.4. The molecule has 0 bridgehead atoms. The van der Waals surface area contributed by atoms with E-state index in [1.54, 1.807) is 0 Å². The molecule has 3 rings (SSSR count). The Bertz CT molecular complexity index is 676. The summed E-state index contributed by atoms with van der Waals surface area (Å²) in [6.45, 7) is 1.56. The second kappa shape index (κ2) is 7.19. The summed E-state index contributed by atoms with van der Waals surface area (Å²) in [5, 5.41) is 6.19. The fourth-order valence-electron chi connectivity index (χ4n) is 2.10. The van der Waals surface area contributed by atoms with Crippen LogP contribution >= 0.6 is 23.7 Å². The summed E-state index contributed by atoms with van der Waals surface area (Å²) in [7, 11) is 1.45. The van der Waals surface area contributed by atoms with Crippen molar-refractivity contribution in [3.63, 3.8) is 0 Å². The lowest BCUT2D eigenvalue weighted by Crippen LogP contribution is -2.48. The molecule has 0 saturated carbocycles. The number of benzene rings is 1. The highest BCUT2D eigenvalue weighted by atomic mass is 35.5. The molecule has 1 fully saturated rings. The van der Waals surface area contributed by atoms with Crippen LogP contribution in [-0.4, -0.2) is 43.8 Å². The molecule has 0 radical (unpaired) electrons. The number of halogens is 2. The summed E-state index contributed by atoms with van der Waals surface area (Å²) < 4.78 is 24.4. The zero-order chi connectivity index (χ0) is 14.8. The molecule has 6 nitrogen and oxygen atoms in total. The largest absolute Gasteiger partial charge is 0.494 e. The number of methoxy groups -OCH3 is 1. The van der Waals surface area contributed by atoms with Crippen LogP contribution in [0.4, 0.5) is 9.52 Å². The lowest BCUT2D eigenvalue weighted by Gasteiger charge is -2.22. The summed E-state index contributed by atoms with van der Waals surface area (Å²) in [5.74, 6) is -0.266. The molecule has 0 aliphatic carbocycles. The first-order chi connectivity index (χ1) is 10.2. The number of aromatic nitrogens is 1. The number of carbonyl (C=O) groups excluding carboxylic acids is 1. The van der Waals surface area contributed by atoms with Crippen molar-refractivity contribution < 1.29 is 18.7 Å². The maximum Gasteiger partial charge on any atom is 0.245 e. The van der Waals surface area contributed by atoms with Crippen LogP contribution in [0.5, 0.6) is 5.75 Å². The summed E-state index contributed by atoms with van der Waals surface area (Å²) in [6, 6.07) is 2.24. The van der Waals surface area contributed by atoms with E-state index in [0.29, 0.717) is 40.9 Å². The molecule has 1 unspecified atom stereocenters. The molecule has 1 aliphatic heterocycles. The van der Waals surface area contributed by atoms with E-state index in [4.69, 9.17) is 9.47 Å². The van der Waals surface area contributed by atoms with E-state index < -0.39 is 11.9 Å². The first-order valence-electron chi connectivity index (χ1n) is 6.43. The highest BCUT2D eigenvalue weighted by Gasteiger charge is 2.22. The third-order valence-electron chi connectivity index (χ3n) is 3.11. The van der Waals surface area contributed by atoms with Crippen molar-refractivity contribution >= 4 is 45.0 Å². The molecule has 9 heteroatoms. The summed E-state index contributed by atoms with van der Waals surface area (Å²) in [5.41, 5.74) is 0.534. The Hall–Kier alpha value is -1.48. The number of fused-ring (bicyclic) bond motifs is 1. The number of carbonyl (C=O) groups is 1. The molecule has 1 aliphatic rings. The maximum atomic E-state index is 13.4. The van der Waals surface area contributed by atoms with Crippen LogP contribution < -0.4 is 15.4 Å². The minimum Gasteiger partial charge on any atom is -0.494 e. The summed E-state index contributed by atoms with van der Waals surface area (Å²) >= 11 is 1.20. The fraction of sp³-hybridized carbons (Fsp3) is 0.385. The molecule has 1 amide bonds. The maximum absolute atomic E-state index is 13.4. The minimum absolute atomic E-state index is 0. The van der Waals surface area contributed by atoms with Crippen LogP contribution in [0.2, 0.25) is 0 Å². The van der Waals surface area contributed by atoms with Gasteiger partial charge in [0.1, 0.15) is 23.1 Å². The Morgan fingerprint density at radius 3 is 3.09 bits per heavy atom. The van der Waals surface area contributed by atoms with Crippen molar-refractivity contribution in [2.24, 2.45) is 0 Å². The minimum atomic E-state index is -0.400. The Labute approximate surface area is 136 Å². The zero-order valence-electron chi connectivity index (χ0n) is 11.7. The van der Waals surface area contributed by atoms with Gasteiger partial charge < -0.3 is 20.1 Å². The summed E-state index contributed by atoms with van der Waals surface area (Å²) in [4.78, 5) is 16.4. The van der Waals surface area contributed by atoms with Crippen LogP contribution in [0, 0.1) is 5.82 Å². The SMILES string of the molecule is COc1cc(F)cc2sc(NC(=O)C3COCCN3)nc12.Cl. The van der Waals surface area contributed by atoms with Gasteiger partial charge in [-0.05, 0) is 6.07 Å². The van der Waals surface area contributed by atoms with Gasteiger partial charge in [-0.25, -0.2) is 9.37 Å². The molecule has 0 spiro atoms. The van der Waals surface area contributed by atoms with Crippen molar-refractivity contribution in [1.29, 1.82) is 0 Å². The van der Waals surface area contributed by atoms with Crippen LogP contribution in [0.3, 0.4) is 0 Å². The second-order valence-corrected chi connectivity index (χ2v) is 5.58. The van der Waals surface area contributed by atoms with Gasteiger partial charge in [-0.2, -0.15) is 0 Å². The van der Waals surface area contributed by atoms with E-state index >= 15 is 0 Å². The molecule has 1 aromatic heterocycles. The van der Waals surface area contributed by atoms with Gasteiger partial charge in [-0.15, -0.1) is 12.4 Å². The number of morpholine rings is 1. The number of hydrogen-bond acceptors (Lipinski definition) is 6. The normalized spacial score (nSPS) is 17.8. The van der Waals surface area contributed by atoms with E-state index in [-0.39, 0.29) is 18.3 Å². The van der Waals surface area contributed by atoms with Crippen molar-refractivity contribution in [1.82, 2.24) is 10.3 Å². The van der Waals surface area contributed by atoms with E-state index in [9.17, 15) is 9.18 Å². The fourth-order valence-corrected chi connectivity index (χ4v) is 3.01. The van der Waals surface area contributed by atoms with Crippen molar-refractivity contribution in [3.05, 3.63) is 17.9 Å². The monoisotopic (exact) mass is 347 g/mol. The number of hydrogen-bond donors (Lipinski definition) is 2. The first kappa shape index (κ1) is 16.9. The van der Waals surface area contributed by atoms with E-state index in [1.807, 2.05) is 0 Å². The number of anilines is 1. The van der Waals surface area contributed by atoms with Crippen LogP contribution in [0.15, 0.2) is 12.1 Å². The Morgan fingerprint density at radius 2 is 2.41 bits per heavy atom. The Balaban J connectivity index is 0.00000176. The van der Waals surface area contributed by atoms with Crippen LogP contribution in [0.25, 0.3) is 10.2 Å². The molecule has 2 heterocycles. The average Bonchev–Trinajstić information content (AvgIpc) is 2.89. The number of ether oxygens (including phenoxy) is 2. The lowest BCUT2D eigenvalue weighted by atomic mass is 10.2.